The Labute approximate surface area is 140 Å². The molecule has 1 N–H and O–H groups in total. The maximum absolute atomic E-state index is 12.5. The molecule has 6 heteroatoms. The highest BCUT2D eigenvalue weighted by atomic mass is 16.5. The predicted molar refractivity (Wildman–Crippen MR) is 92.9 cm³/mol. The van der Waals surface area contributed by atoms with Gasteiger partial charge in [-0.2, -0.15) is 0 Å². The Morgan fingerprint density at radius 3 is 2.58 bits per heavy atom. The Morgan fingerprint density at radius 1 is 1.17 bits per heavy atom. The Balaban J connectivity index is 1.64. The number of aromatic nitrogens is 3. The van der Waals surface area contributed by atoms with Gasteiger partial charge in [-0.25, -0.2) is 4.98 Å². The Hall–Kier alpha value is -2.76. The van der Waals surface area contributed by atoms with Gasteiger partial charge in [-0.1, -0.05) is 0 Å². The quantitative estimate of drug-likeness (QED) is 0.707. The van der Waals surface area contributed by atoms with Crippen LogP contribution in [0.5, 0.6) is 11.5 Å². The number of methoxy groups -OCH3 is 1. The van der Waals surface area contributed by atoms with Crippen molar-refractivity contribution in [3.05, 3.63) is 52.2 Å². The van der Waals surface area contributed by atoms with E-state index in [4.69, 9.17) is 9.47 Å². The third-order valence-electron chi connectivity index (χ3n) is 3.93. The number of aromatic amines is 1. The zero-order valence-corrected chi connectivity index (χ0v) is 14.1. The van der Waals surface area contributed by atoms with Crippen LogP contribution in [0.3, 0.4) is 0 Å². The number of rotatable bonds is 6. The molecule has 3 rings (SSSR count). The topological polar surface area (TPSA) is 69.1 Å². The molecule has 126 valence electrons. The van der Waals surface area contributed by atoms with Crippen molar-refractivity contribution in [2.24, 2.45) is 0 Å². The van der Waals surface area contributed by atoms with Crippen molar-refractivity contribution in [2.75, 3.05) is 13.7 Å². The smallest absolute Gasteiger partial charge is 0.263 e. The van der Waals surface area contributed by atoms with Gasteiger partial charge in [0.05, 0.1) is 19.1 Å². The van der Waals surface area contributed by atoms with Crippen LogP contribution in [0.15, 0.2) is 35.1 Å². The third kappa shape index (κ3) is 3.27. The molecule has 2 aromatic heterocycles. The van der Waals surface area contributed by atoms with Crippen LogP contribution in [-0.4, -0.2) is 28.3 Å². The fourth-order valence-corrected chi connectivity index (χ4v) is 2.69. The maximum Gasteiger partial charge on any atom is 0.263 e. The van der Waals surface area contributed by atoms with Crippen LogP contribution in [0.1, 0.15) is 17.9 Å². The van der Waals surface area contributed by atoms with Crippen LogP contribution in [0.2, 0.25) is 0 Å². The molecule has 0 bridgehead atoms. The minimum absolute atomic E-state index is 0.00806. The van der Waals surface area contributed by atoms with Gasteiger partial charge in [0.2, 0.25) is 0 Å². The number of nitrogens with zero attached hydrogens (tertiary/aromatic N) is 2. The van der Waals surface area contributed by atoms with E-state index >= 15 is 0 Å². The lowest BCUT2D eigenvalue weighted by Crippen LogP contribution is -2.24. The van der Waals surface area contributed by atoms with E-state index in [-0.39, 0.29) is 5.56 Å². The van der Waals surface area contributed by atoms with Gasteiger partial charge in [0.1, 0.15) is 23.0 Å². The number of ether oxygens (including phenoxy) is 2. The first-order chi connectivity index (χ1) is 11.6. The van der Waals surface area contributed by atoms with Crippen LogP contribution in [0.4, 0.5) is 0 Å². The summed E-state index contributed by atoms with van der Waals surface area (Å²) in [4.78, 5) is 20.1. The highest BCUT2D eigenvalue weighted by Crippen LogP contribution is 2.17. The molecule has 0 saturated heterocycles. The van der Waals surface area contributed by atoms with Gasteiger partial charge in [0, 0.05) is 12.2 Å². The number of aryl methyl sites for hydroxylation is 2. The summed E-state index contributed by atoms with van der Waals surface area (Å²) in [6.07, 6.45) is 0.726. The molecule has 0 aliphatic rings. The van der Waals surface area contributed by atoms with Crippen LogP contribution < -0.4 is 15.0 Å². The summed E-state index contributed by atoms with van der Waals surface area (Å²) < 4.78 is 12.5. The van der Waals surface area contributed by atoms with E-state index in [1.54, 1.807) is 11.7 Å². The lowest BCUT2D eigenvalue weighted by atomic mass is 10.3. The number of H-pyrrole nitrogens is 1. The maximum atomic E-state index is 12.5. The lowest BCUT2D eigenvalue weighted by molar-refractivity contribution is 0.299. The first kappa shape index (κ1) is 16.1. The molecule has 0 saturated carbocycles. The molecule has 0 amide bonds. The first-order valence-corrected chi connectivity index (χ1v) is 7.92. The highest BCUT2D eigenvalue weighted by Gasteiger charge is 2.10. The van der Waals surface area contributed by atoms with E-state index in [0.717, 1.165) is 23.6 Å². The molecule has 0 aliphatic carbocycles. The zero-order valence-electron chi connectivity index (χ0n) is 14.1. The summed E-state index contributed by atoms with van der Waals surface area (Å²) in [5.41, 5.74) is 1.58. The summed E-state index contributed by atoms with van der Waals surface area (Å²) >= 11 is 0. The van der Waals surface area contributed by atoms with E-state index < -0.39 is 0 Å². The molecule has 24 heavy (non-hydrogen) atoms. The second-order valence-corrected chi connectivity index (χ2v) is 5.71. The van der Waals surface area contributed by atoms with E-state index in [9.17, 15) is 4.79 Å². The number of hydrogen-bond donors (Lipinski definition) is 1. The average molecular weight is 327 g/mol. The average Bonchev–Trinajstić information content (AvgIpc) is 2.95. The third-order valence-corrected chi connectivity index (χ3v) is 3.93. The van der Waals surface area contributed by atoms with Gasteiger partial charge in [0.25, 0.3) is 5.56 Å². The second-order valence-electron chi connectivity index (χ2n) is 5.71. The van der Waals surface area contributed by atoms with Gasteiger partial charge in [-0.15, -0.1) is 0 Å². The highest BCUT2D eigenvalue weighted by molar-refractivity contribution is 5.75. The molecular weight excluding hydrogens is 306 g/mol. The minimum Gasteiger partial charge on any atom is -0.497 e. The molecule has 0 fully saturated rings. The summed E-state index contributed by atoms with van der Waals surface area (Å²) in [5.74, 6) is 2.29. The number of fused-ring (bicyclic) bond motifs is 1. The SMILES string of the molecule is COc1ccc(OCCCn2c(C)nc3[nH]c(C)cc3c2=O)cc1. The molecule has 6 nitrogen and oxygen atoms in total. The molecule has 0 aliphatic heterocycles. The number of nitrogens with one attached hydrogen (secondary N) is 1. The van der Waals surface area contributed by atoms with Crippen molar-refractivity contribution >= 4 is 11.0 Å². The Morgan fingerprint density at radius 2 is 1.88 bits per heavy atom. The normalized spacial score (nSPS) is 11.0. The monoisotopic (exact) mass is 327 g/mol. The zero-order chi connectivity index (χ0) is 17.1. The molecule has 0 unspecified atom stereocenters. The Bertz CT molecular complexity index is 894. The first-order valence-electron chi connectivity index (χ1n) is 7.92. The van der Waals surface area contributed by atoms with Gasteiger partial charge in [-0.3, -0.25) is 9.36 Å². The molecule has 3 aromatic rings. The van der Waals surface area contributed by atoms with Gasteiger partial charge in [-0.05, 0) is 50.6 Å². The molecule has 0 radical (unpaired) electrons. The molecular formula is C18H21N3O3. The summed E-state index contributed by atoms with van der Waals surface area (Å²) in [6.45, 7) is 4.88. The molecule has 1 aromatic carbocycles. The second kappa shape index (κ2) is 6.78. The predicted octanol–water partition coefficient (Wildman–Crippen LogP) is 2.82. The number of benzene rings is 1. The van der Waals surface area contributed by atoms with E-state index in [1.807, 2.05) is 44.2 Å². The van der Waals surface area contributed by atoms with Crippen molar-refractivity contribution in [3.63, 3.8) is 0 Å². The van der Waals surface area contributed by atoms with Gasteiger partial charge < -0.3 is 14.5 Å². The summed E-state index contributed by atoms with van der Waals surface area (Å²) in [7, 11) is 1.63. The summed E-state index contributed by atoms with van der Waals surface area (Å²) in [5, 5.41) is 0.633. The van der Waals surface area contributed by atoms with E-state index in [0.29, 0.717) is 30.0 Å². The van der Waals surface area contributed by atoms with Crippen molar-refractivity contribution < 1.29 is 9.47 Å². The van der Waals surface area contributed by atoms with E-state index in [2.05, 4.69) is 9.97 Å². The van der Waals surface area contributed by atoms with Crippen molar-refractivity contribution in [3.8, 4) is 11.5 Å². The largest absolute Gasteiger partial charge is 0.497 e. The van der Waals surface area contributed by atoms with Gasteiger partial charge >= 0.3 is 0 Å². The Kier molecular flexibility index (Phi) is 4.55. The summed E-state index contributed by atoms with van der Waals surface area (Å²) in [6, 6.07) is 9.29. The molecule has 0 spiro atoms. The van der Waals surface area contributed by atoms with Crippen molar-refractivity contribution in [1.82, 2.24) is 14.5 Å². The minimum atomic E-state index is -0.00806. The standard InChI is InChI=1S/C18H21N3O3/c1-12-11-16-17(19-12)20-13(2)21(18(16)22)9-4-10-24-15-7-5-14(23-3)6-8-15/h5-8,11,19H,4,9-10H2,1-3H3. The van der Waals surface area contributed by atoms with Gasteiger partial charge in [0.15, 0.2) is 0 Å². The van der Waals surface area contributed by atoms with Crippen LogP contribution in [0.25, 0.3) is 11.0 Å². The molecule has 0 atom stereocenters. The molecule has 2 heterocycles. The van der Waals surface area contributed by atoms with E-state index in [1.165, 1.54) is 0 Å². The van der Waals surface area contributed by atoms with Crippen LogP contribution in [0, 0.1) is 13.8 Å². The lowest BCUT2D eigenvalue weighted by Gasteiger charge is -2.10. The fourth-order valence-electron chi connectivity index (χ4n) is 2.69. The van der Waals surface area contributed by atoms with Crippen molar-refractivity contribution in [2.45, 2.75) is 26.8 Å². The number of hydrogen-bond acceptors (Lipinski definition) is 4. The fraction of sp³-hybridized carbons (Fsp3) is 0.333. The van der Waals surface area contributed by atoms with Crippen LogP contribution in [-0.2, 0) is 6.54 Å². The van der Waals surface area contributed by atoms with Crippen molar-refractivity contribution in [1.29, 1.82) is 0 Å². The van der Waals surface area contributed by atoms with Crippen LogP contribution >= 0.6 is 0 Å².